The van der Waals surface area contributed by atoms with Crippen LogP contribution in [0.1, 0.15) is 24.5 Å². The summed E-state index contributed by atoms with van der Waals surface area (Å²) in [4.78, 5) is 0. The van der Waals surface area contributed by atoms with Crippen molar-refractivity contribution in [2.45, 2.75) is 26.3 Å². The molecule has 0 unspecified atom stereocenters. The highest BCUT2D eigenvalue weighted by Gasteiger charge is 2.07. The van der Waals surface area contributed by atoms with E-state index >= 15 is 0 Å². The number of benzene rings is 2. The lowest BCUT2D eigenvalue weighted by Gasteiger charge is -2.13. The van der Waals surface area contributed by atoms with E-state index in [9.17, 15) is 0 Å². The Kier molecular flexibility index (Phi) is 6.58. The van der Waals surface area contributed by atoms with Crippen LogP contribution in [0.15, 0.2) is 48.5 Å². The van der Waals surface area contributed by atoms with E-state index in [1.54, 1.807) is 0 Å². The molecule has 0 aliphatic rings. The van der Waals surface area contributed by atoms with Crippen LogP contribution in [0.5, 0.6) is 5.75 Å². The number of ether oxygens (including phenoxy) is 1. The van der Waals surface area contributed by atoms with Crippen molar-refractivity contribution in [1.29, 1.82) is 0 Å². The van der Waals surface area contributed by atoms with E-state index in [-0.39, 0.29) is 0 Å². The molecule has 21 heavy (non-hydrogen) atoms. The van der Waals surface area contributed by atoms with Crippen molar-refractivity contribution in [2.24, 2.45) is 0 Å². The molecule has 0 spiro atoms. The van der Waals surface area contributed by atoms with Gasteiger partial charge in [-0.15, -0.1) is 0 Å². The molecule has 0 aromatic heterocycles. The first-order valence-electron chi connectivity index (χ1n) is 7.46. The Balaban J connectivity index is 1.87. The van der Waals surface area contributed by atoms with Gasteiger partial charge in [0.05, 0.1) is 11.6 Å². The fraction of sp³-hybridized carbons (Fsp3) is 0.333. The van der Waals surface area contributed by atoms with Gasteiger partial charge in [-0.2, -0.15) is 0 Å². The van der Waals surface area contributed by atoms with Gasteiger partial charge in [-0.3, -0.25) is 0 Å². The number of rotatable bonds is 8. The predicted molar refractivity (Wildman–Crippen MR) is 89.1 cm³/mol. The number of hydrogen-bond donors (Lipinski definition) is 1. The van der Waals surface area contributed by atoms with E-state index < -0.39 is 0 Å². The smallest absolute Gasteiger partial charge is 0.142 e. The molecule has 0 heterocycles. The maximum atomic E-state index is 6.25. The van der Waals surface area contributed by atoms with Crippen LogP contribution >= 0.6 is 11.6 Å². The quantitative estimate of drug-likeness (QED) is 0.727. The highest BCUT2D eigenvalue weighted by Crippen LogP contribution is 2.28. The number of hydrogen-bond acceptors (Lipinski definition) is 2. The number of para-hydroxylation sites is 1. The summed E-state index contributed by atoms with van der Waals surface area (Å²) in [5, 5.41) is 4.00. The lowest BCUT2D eigenvalue weighted by atomic mass is 10.1. The van der Waals surface area contributed by atoms with Gasteiger partial charge in [0, 0.05) is 12.1 Å². The molecule has 2 aromatic rings. The van der Waals surface area contributed by atoms with Crippen LogP contribution in [0, 0.1) is 0 Å². The second-order valence-corrected chi connectivity index (χ2v) is 5.35. The SMILES string of the molecule is CCNCc1cccc(Cl)c1OCCCc1ccccc1. The van der Waals surface area contributed by atoms with E-state index in [1.165, 1.54) is 5.56 Å². The third kappa shape index (κ3) is 5.07. The number of halogens is 1. The minimum atomic E-state index is 0.678. The van der Waals surface area contributed by atoms with Gasteiger partial charge in [-0.25, -0.2) is 0 Å². The summed E-state index contributed by atoms with van der Waals surface area (Å²) >= 11 is 6.25. The van der Waals surface area contributed by atoms with Crippen molar-refractivity contribution >= 4 is 11.6 Å². The van der Waals surface area contributed by atoms with Crippen LogP contribution in [-0.4, -0.2) is 13.2 Å². The standard InChI is InChI=1S/C18H22ClNO/c1-2-20-14-16-11-6-12-17(19)18(16)21-13-7-10-15-8-4-3-5-9-15/h3-6,8-9,11-12,20H,2,7,10,13-14H2,1H3. The van der Waals surface area contributed by atoms with Gasteiger partial charge < -0.3 is 10.1 Å². The first-order valence-corrected chi connectivity index (χ1v) is 7.84. The van der Waals surface area contributed by atoms with Gasteiger partial charge in [0.1, 0.15) is 5.75 Å². The van der Waals surface area contributed by atoms with E-state index in [1.807, 2.05) is 18.2 Å². The van der Waals surface area contributed by atoms with Gasteiger partial charge in [-0.05, 0) is 31.0 Å². The highest BCUT2D eigenvalue weighted by atomic mass is 35.5. The molecule has 0 radical (unpaired) electrons. The molecule has 2 nitrogen and oxygen atoms in total. The van der Waals surface area contributed by atoms with E-state index in [0.29, 0.717) is 11.6 Å². The van der Waals surface area contributed by atoms with Crippen molar-refractivity contribution < 1.29 is 4.74 Å². The van der Waals surface area contributed by atoms with Crippen molar-refractivity contribution in [3.8, 4) is 5.75 Å². The average molecular weight is 304 g/mol. The summed E-state index contributed by atoms with van der Waals surface area (Å²) in [5.74, 6) is 0.813. The third-order valence-electron chi connectivity index (χ3n) is 3.31. The monoisotopic (exact) mass is 303 g/mol. The molecule has 0 atom stereocenters. The van der Waals surface area contributed by atoms with Crippen molar-refractivity contribution in [1.82, 2.24) is 5.32 Å². The summed E-state index contributed by atoms with van der Waals surface area (Å²) in [6, 6.07) is 16.4. The second-order valence-electron chi connectivity index (χ2n) is 4.95. The van der Waals surface area contributed by atoms with E-state index in [2.05, 4.69) is 42.6 Å². The molecule has 0 aliphatic heterocycles. The summed E-state index contributed by atoms with van der Waals surface area (Å²) in [6.45, 7) is 4.48. The fourth-order valence-electron chi connectivity index (χ4n) is 2.21. The summed E-state index contributed by atoms with van der Waals surface area (Å²) in [5.41, 5.74) is 2.46. The molecule has 0 amide bonds. The highest BCUT2D eigenvalue weighted by molar-refractivity contribution is 6.32. The number of nitrogens with one attached hydrogen (secondary N) is 1. The largest absolute Gasteiger partial charge is 0.492 e. The maximum Gasteiger partial charge on any atom is 0.142 e. The van der Waals surface area contributed by atoms with Crippen LogP contribution in [0.25, 0.3) is 0 Å². The molecule has 0 bridgehead atoms. The van der Waals surface area contributed by atoms with Gasteiger partial charge in [0.15, 0.2) is 0 Å². The normalized spacial score (nSPS) is 10.6. The van der Waals surface area contributed by atoms with Crippen LogP contribution in [0.2, 0.25) is 5.02 Å². The molecular formula is C18H22ClNO. The summed E-state index contributed by atoms with van der Waals surface area (Å²) < 4.78 is 5.91. The van der Waals surface area contributed by atoms with E-state index in [4.69, 9.17) is 16.3 Å². The Morgan fingerprint density at radius 1 is 1.05 bits per heavy atom. The average Bonchev–Trinajstić information content (AvgIpc) is 2.52. The topological polar surface area (TPSA) is 21.3 Å². The Labute approximate surface area is 132 Å². The minimum absolute atomic E-state index is 0.678. The zero-order valence-electron chi connectivity index (χ0n) is 12.4. The van der Waals surface area contributed by atoms with Crippen molar-refractivity contribution in [3.05, 3.63) is 64.7 Å². The van der Waals surface area contributed by atoms with Crippen LogP contribution < -0.4 is 10.1 Å². The fourth-order valence-corrected chi connectivity index (χ4v) is 2.46. The maximum absolute atomic E-state index is 6.25. The first-order chi connectivity index (χ1) is 10.3. The van der Waals surface area contributed by atoms with Crippen LogP contribution in [-0.2, 0) is 13.0 Å². The molecule has 3 heteroatoms. The molecule has 1 N–H and O–H groups in total. The zero-order chi connectivity index (χ0) is 14.9. The summed E-state index contributed by atoms with van der Waals surface area (Å²) in [7, 11) is 0. The summed E-state index contributed by atoms with van der Waals surface area (Å²) in [6.07, 6.45) is 2.00. The second kappa shape index (κ2) is 8.71. The molecule has 112 valence electrons. The molecule has 0 aliphatic carbocycles. The van der Waals surface area contributed by atoms with Gasteiger partial charge in [0.25, 0.3) is 0 Å². The molecule has 0 saturated carbocycles. The molecule has 0 saturated heterocycles. The Hall–Kier alpha value is -1.51. The Bertz CT molecular complexity index is 542. The molecule has 2 rings (SSSR count). The van der Waals surface area contributed by atoms with Crippen molar-refractivity contribution in [2.75, 3.05) is 13.2 Å². The first kappa shape index (κ1) is 15.9. The lowest BCUT2D eigenvalue weighted by molar-refractivity contribution is 0.307. The minimum Gasteiger partial charge on any atom is -0.492 e. The van der Waals surface area contributed by atoms with Crippen molar-refractivity contribution in [3.63, 3.8) is 0 Å². The van der Waals surface area contributed by atoms with Gasteiger partial charge in [-0.1, -0.05) is 61.0 Å². The molecule has 0 fully saturated rings. The van der Waals surface area contributed by atoms with Crippen LogP contribution in [0.3, 0.4) is 0 Å². The van der Waals surface area contributed by atoms with Gasteiger partial charge >= 0.3 is 0 Å². The zero-order valence-corrected chi connectivity index (χ0v) is 13.2. The molecule has 2 aromatic carbocycles. The van der Waals surface area contributed by atoms with Crippen LogP contribution in [0.4, 0.5) is 0 Å². The van der Waals surface area contributed by atoms with Gasteiger partial charge in [0.2, 0.25) is 0 Å². The molecular weight excluding hydrogens is 282 g/mol. The Morgan fingerprint density at radius 2 is 1.86 bits per heavy atom. The predicted octanol–water partition coefficient (Wildman–Crippen LogP) is 4.46. The number of aryl methyl sites for hydroxylation is 1. The van der Waals surface area contributed by atoms with E-state index in [0.717, 1.165) is 37.2 Å². The lowest BCUT2D eigenvalue weighted by Crippen LogP contribution is -2.13. The Morgan fingerprint density at radius 3 is 2.62 bits per heavy atom. The third-order valence-corrected chi connectivity index (χ3v) is 3.61.